The molecule has 4 aromatic rings. The summed E-state index contributed by atoms with van der Waals surface area (Å²) in [7, 11) is 0. The van der Waals surface area contributed by atoms with Crippen LogP contribution in [0.4, 0.5) is 28.4 Å². The molecule has 180 valence electrons. The molecule has 0 unspecified atom stereocenters. The SMILES string of the molecule is [C-]#[N+]c1ccc2c3c1Sc1c([N+]#[C-])cc(C#N)c4c1N3c1c(ccc(C#N)c1S4)B2c1c(C)cc(C)cc1C. The maximum atomic E-state index is 10.1. The van der Waals surface area contributed by atoms with Crippen molar-refractivity contribution in [2.24, 2.45) is 0 Å². The van der Waals surface area contributed by atoms with Crippen LogP contribution < -0.4 is 21.3 Å². The van der Waals surface area contributed by atoms with Crippen molar-refractivity contribution in [1.29, 1.82) is 10.5 Å². The van der Waals surface area contributed by atoms with Crippen molar-refractivity contribution in [2.45, 2.75) is 40.4 Å². The molecular weight excluding hydrogens is 517 g/mol. The molecule has 0 radical (unpaired) electrons. The van der Waals surface area contributed by atoms with Gasteiger partial charge in [0.15, 0.2) is 0 Å². The summed E-state index contributed by atoms with van der Waals surface area (Å²) in [6.07, 6.45) is 0. The molecule has 0 amide bonds. The highest BCUT2D eigenvalue weighted by molar-refractivity contribution is 8.01. The average molecular weight is 533 g/mol. The van der Waals surface area contributed by atoms with Gasteiger partial charge < -0.3 is 4.90 Å². The molecule has 3 heterocycles. The lowest BCUT2D eigenvalue weighted by Gasteiger charge is -2.46. The van der Waals surface area contributed by atoms with Crippen LogP contribution in [-0.4, -0.2) is 6.71 Å². The smallest absolute Gasteiger partial charge is 0.247 e. The first-order chi connectivity index (χ1) is 18.9. The van der Waals surface area contributed by atoms with Crippen LogP contribution in [0.3, 0.4) is 0 Å². The van der Waals surface area contributed by atoms with Crippen LogP contribution in [0.5, 0.6) is 0 Å². The van der Waals surface area contributed by atoms with Crippen molar-refractivity contribution in [3.05, 3.63) is 93.1 Å². The molecule has 0 aliphatic carbocycles. The zero-order valence-electron chi connectivity index (χ0n) is 21.2. The summed E-state index contributed by atoms with van der Waals surface area (Å²) < 4.78 is 0. The van der Waals surface area contributed by atoms with Gasteiger partial charge in [-0.25, -0.2) is 9.69 Å². The van der Waals surface area contributed by atoms with Crippen LogP contribution in [0.2, 0.25) is 0 Å². The van der Waals surface area contributed by atoms with Gasteiger partial charge in [-0.05, 0) is 43.8 Å². The van der Waals surface area contributed by atoms with E-state index in [9.17, 15) is 10.5 Å². The van der Waals surface area contributed by atoms with Gasteiger partial charge in [0.2, 0.25) is 18.1 Å². The molecule has 0 fully saturated rings. The Labute approximate surface area is 235 Å². The van der Waals surface area contributed by atoms with E-state index in [0.29, 0.717) is 22.5 Å². The second kappa shape index (κ2) is 8.20. The van der Waals surface area contributed by atoms with E-state index in [1.54, 1.807) is 6.07 Å². The molecular formula is C31H16BN5S2. The van der Waals surface area contributed by atoms with Gasteiger partial charge in [0.25, 0.3) is 0 Å². The van der Waals surface area contributed by atoms with Gasteiger partial charge in [0, 0.05) is 15.5 Å². The lowest BCUT2D eigenvalue weighted by molar-refractivity contribution is 1.09. The van der Waals surface area contributed by atoms with E-state index in [1.165, 1.54) is 45.7 Å². The molecule has 0 bridgehead atoms. The third-order valence-corrected chi connectivity index (χ3v) is 10.2. The Bertz CT molecular complexity index is 1890. The second-order valence-corrected chi connectivity index (χ2v) is 12.0. The molecule has 0 saturated heterocycles. The third kappa shape index (κ3) is 2.97. The second-order valence-electron chi connectivity index (χ2n) is 9.91. The molecule has 39 heavy (non-hydrogen) atoms. The minimum atomic E-state index is -0.0966. The summed E-state index contributed by atoms with van der Waals surface area (Å²) in [6.45, 7) is 22.2. The van der Waals surface area contributed by atoms with Crippen LogP contribution in [0, 0.1) is 56.6 Å². The highest BCUT2D eigenvalue weighted by atomic mass is 32.2. The zero-order valence-corrected chi connectivity index (χ0v) is 22.8. The number of rotatable bonds is 1. The van der Waals surface area contributed by atoms with Gasteiger partial charge in [-0.3, -0.25) is 0 Å². The summed E-state index contributed by atoms with van der Waals surface area (Å²) in [5.74, 6) is 0. The van der Waals surface area contributed by atoms with Gasteiger partial charge in [-0.2, -0.15) is 10.5 Å². The number of anilines is 3. The average Bonchev–Trinajstić information content (AvgIpc) is 2.93. The highest BCUT2D eigenvalue weighted by Gasteiger charge is 2.46. The standard InChI is InChI=1S/C31H16BN5S2/c1-15-10-16(2)24(17(3)11-15)32-20-7-6-18(13-33)28-25(20)37-26-21(32)8-9-22(35-4)30(26)39-31-23(36-5)12-19(14-34)29(38-28)27(31)37/h6-12H,1-3H3. The lowest BCUT2D eigenvalue weighted by Crippen LogP contribution is -2.59. The first kappa shape index (κ1) is 23.5. The fraction of sp³-hybridized carbons (Fsp3) is 0.0968. The minimum absolute atomic E-state index is 0.0966. The van der Waals surface area contributed by atoms with Crippen LogP contribution in [0.1, 0.15) is 27.8 Å². The molecule has 0 spiro atoms. The quantitative estimate of drug-likeness (QED) is 0.174. The number of hydrogen-bond donors (Lipinski definition) is 0. The summed E-state index contributed by atoms with van der Waals surface area (Å²) in [5, 5.41) is 20.2. The van der Waals surface area contributed by atoms with Crippen molar-refractivity contribution in [1.82, 2.24) is 0 Å². The molecule has 0 aromatic heterocycles. The maximum Gasteiger partial charge on any atom is 0.247 e. The van der Waals surface area contributed by atoms with Gasteiger partial charge in [-0.15, -0.1) is 11.8 Å². The molecule has 0 N–H and O–H groups in total. The Morgan fingerprint density at radius 3 is 1.92 bits per heavy atom. The summed E-state index contributed by atoms with van der Waals surface area (Å²) in [6, 6.07) is 18.6. The summed E-state index contributed by atoms with van der Waals surface area (Å²) in [5.41, 5.74) is 11.5. The van der Waals surface area contributed by atoms with Crippen molar-refractivity contribution in [3.8, 4) is 12.1 Å². The predicted molar refractivity (Wildman–Crippen MR) is 157 cm³/mol. The molecule has 5 nitrogen and oxygen atoms in total. The van der Waals surface area contributed by atoms with Crippen LogP contribution in [-0.2, 0) is 0 Å². The van der Waals surface area contributed by atoms with Crippen molar-refractivity contribution in [2.75, 3.05) is 4.90 Å². The summed E-state index contributed by atoms with van der Waals surface area (Å²) >= 11 is 2.89. The molecule has 0 atom stereocenters. The Morgan fingerprint density at radius 2 is 1.28 bits per heavy atom. The van der Waals surface area contributed by atoms with Crippen molar-refractivity contribution in [3.63, 3.8) is 0 Å². The number of nitrogens with zero attached hydrogens (tertiary/aromatic N) is 5. The normalized spacial score (nSPS) is 13.1. The fourth-order valence-electron chi connectivity index (χ4n) is 6.33. The van der Waals surface area contributed by atoms with E-state index in [-0.39, 0.29) is 6.71 Å². The van der Waals surface area contributed by atoms with Crippen LogP contribution in [0.15, 0.2) is 62.0 Å². The van der Waals surface area contributed by atoms with Crippen LogP contribution >= 0.6 is 23.5 Å². The third-order valence-electron chi connectivity index (χ3n) is 7.70. The van der Waals surface area contributed by atoms with Gasteiger partial charge >= 0.3 is 0 Å². The van der Waals surface area contributed by atoms with E-state index in [0.717, 1.165) is 47.6 Å². The maximum absolute atomic E-state index is 10.1. The van der Waals surface area contributed by atoms with Crippen LogP contribution in [0.25, 0.3) is 9.69 Å². The highest BCUT2D eigenvalue weighted by Crippen LogP contribution is 2.64. The monoisotopic (exact) mass is 533 g/mol. The Hall–Kier alpha value is -4.60. The molecule has 3 aliphatic rings. The Kier molecular flexibility index (Phi) is 4.94. The van der Waals surface area contributed by atoms with Crippen molar-refractivity contribution < 1.29 is 0 Å². The van der Waals surface area contributed by atoms with E-state index in [2.05, 4.69) is 71.8 Å². The predicted octanol–water partition coefficient (Wildman–Crippen LogP) is 6.69. The number of benzene rings is 4. The number of aryl methyl sites for hydroxylation is 3. The fourth-order valence-corrected chi connectivity index (χ4v) is 8.86. The number of hydrogen-bond acceptors (Lipinski definition) is 5. The van der Waals surface area contributed by atoms with Gasteiger partial charge in [0.05, 0.1) is 51.5 Å². The van der Waals surface area contributed by atoms with Gasteiger partial charge in [-0.1, -0.05) is 64.2 Å². The molecule has 7 rings (SSSR count). The minimum Gasteiger partial charge on any atom is -0.309 e. The molecule has 3 aliphatic heterocycles. The molecule has 0 saturated carbocycles. The summed E-state index contributed by atoms with van der Waals surface area (Å²) in [4.78, 5) is 12.9. The lowest BCUT2D eigenvalue weighted by atomic mass is 9.33. The molecule has 8 heteroatoms. The molecule has 4 aromatic carbocycles. The largest absolute Gasteiger partial charge is 0.309 e. The zero-order chi connectivity index (χ0) is 27.2. The first-order valence-electron chi connectivity index (χ1n) is 12.2. The number of nitriles is 2. The Morgan fingerprint density at radius 1 is 0.718 bits per heavy atom. The van der Waals surface area contributed by atoms with E-state index < -0.39 is 0 Å². The Balaban J connectivity index is 1.69. The van der Waals surface area contributed by atoms with Crippen molar-refractivity contribution >= 4 is 75.1 Å². The van der Waals surface area contributed by atoms with E-state index in [4.69, 9.17) is 13.1 Å². The van der Waals surface area contributed by atoms with Gasteiger partial charge in [0.1, 0.15) is 6.07 Å². The van der Waals surface area contributed by atoms with E-state index in [1.807, 2.05) is 12.1 Å². The van der Waals surface area contributed by atoms with E-state index >= 15 is 0 Å². The first-order valence-corrected chi connectivity index (χ1v) is 13.9. The topological polar surface area (TPSA) is 59.5 Å².